The Hall–Kier alpha value is -3.40. The SMILES string of the molecule is Cn1ccc2[nH]c(-c3ccnc(NC(=O)C(CC(F)F)c4ccc(F)cc4)c3)c(Br)c2c1=O. The maximum atomic E-state index is 13.2. The first-order valence-electron chi connectivity index (χ1n) is 9.92. The van der Waals surface area contributed by atoms with E-state index >= 15 is 0 Å². The van der Waals surface area contributed by atoms with E-state index in [4.69, 9.17) is 0 Å². The zero-order valence-corrected chi connectivity index (χ0v) is 18.9. The molecule has 0 saturated carbocycles. The van der Waals surface area contributed by atoms with E-state index in [9.17, 15) is 22.8 Å². The molecule has 1 unspecified atom stereocenters. The van der Waals surface area contributed by atoms with Crippen LogP contribution in [0.2, 0.25) is 0 Å². The van der Waals surface area contributed by atoms with Gasteiger partial charge < -0.3 is 14.9 Å². The van der Waals surface area contributed by atoms with Gasteiger partial charge in [-0.1, -0.05) is 12.1 Å². The monoisotopic (exact) mass is 518 g/mol. The Bertz CT molecular complexity index is 1380. The highest BCUT2D eigenvalue weighted by Crippen LogP contribution is 2.34. The number of pyridine rings is 2. The van der Waals surface area contributed by atoms with Crippen LogP contribution in [0.1, 0.15) is 17.9 Å². The van der Waals surface area contributed by atoms with Gasteiger partial charge in [-0.3, -0.25) is 9.59 Å². The molecule has 0 aliphatic heterocycles. The number of rotatable bonds is 6. The molecule has 33 heavy (non-hydrogen) atoms. The van der Waals surface area contributed by atoms with Crippen LogP contribution >= 0.6 is 15.9 Å². The van der Waals surface area contributed by atoms with Gasteiger partial charge in [-0.15, -0.1) is 0 Å². The number of alkyl halides is 2. The van der Waals surface area contributed by atoms with Crippen molar-refractivity contribution >= 4 is 38.6 Å². The summed E-state index contributed by atoms with van der Waals surface area (Å²) in [5, 5.41) is 3.05. The Morgan fingerprint density at radius 3 is 2.64 bits per heavy atom. The molecule has 0 aliphatic carbocycles. The minimum Gasteiger partial charge on any atom is -0.353 e. The molecule has 4 rings (SSSR count). The first-order chi connectivity index (χ1) is 15.7. The van der Waals surface area contributed by atoms with Crippen molar-refractivity contribution in [2.75, 3.05) is 5.32 Å². The largest absolute Gasteiger partial charge is 0.353 e. The number of aryl methyl sites for hydroxylation is 1. The number of hydrogen-bond donors (Lipinski definition) is 2. The molecule has 170 valence electrons. The van der Waals surface area contributed by atoms with Crippen LogP contribution in [0.5, 0.6) is 0 Å². The first-order valence-corrected chi connectivity index (χ1v) is 10.7. The van der Waals surface area contributed by atoms with Crippen LogP contribution in [0, 0.1) is 5.82 Å². The van der Waals surface area contributed by atoms with Crippen molar-refractivity contribution < 1.29 is 18.0 Å². The highest BCUT2D eigenvalue weighted by molar-refractivity contribution is 9.10. The third-order valence-corrected chi connectivity index (χ3v) is 6.06. The third kappa shape index (κ3) is 4.70. The average Bonchev–Trinajstić information content (AvgIpc) is 3.12. The van der Waals surface area contributed by atoms with Crippen LogP contribution in [0.4, 0.5) is 19.0 Å². The fourth-order valence-corrected chi connectivity index (χ4v) is 4.31. The summed E-state index contributed by atoms with van der Waals surface area (Å²) in [5.41, 5.74) is 1.96. The summed E-state index contributed by atoms with van der Waals surface area (Å²) in [7, 11) is 1.65. The van der Waals surface area contributed by atoms with E-state index in [1.54, 1.807) is 31.4 Å². The summed E-state index contributed by atoms with van der Waals surface area (Å²) >= 11 is 3.47. The number of aromatic amines is 1. The molecule has 1 atom stereocenters. The lowest BCUT2D eigenvalue weighted by Crippen LogP contribution is -2.23. The summed E-state index contributed by atoms with van der Waals surface area (Å²) in [5.74, 6) is -2.24. The predicted molar refractivity (Wildman–Crippen MR) is 123 cm³/mol. The molecule has 1 amide bonds. The van der Waals surface area contributed by atoms with Crippen LogP contribution in [0.25, 0.3) is 22.2 Å². The summed E-state index contributed by atoms with van der Waals surface area (Å²) in [6.45, 7) is 0. The number of nitrogens with zero attached hydrogens (tertiary/aromatic N) is 2. The Kier molecular flexibility index (Phi) is 6.37. The van der Waals surface area contributed by atoms with E-state index in [0.29, 0.717) is 26.6 Å². The fraction of sp³-hybridized carbons (Fsp3) is 0.174. The van der Waals surface area contributed by atoms with Crippen molar-refractivity contribution in [2.24, 2.45) is 7.05 Å². The number of fused-ring (bicyclic) bond motifs is 1. The average molecular weight is 519 g/mol. The number of carbonyl (C=O) groups is 1. The van der Waals surface area contributed by atoms with E-state index < -0.39 is 30.5 Å². The van der Waals surface area contributed by atoms with Gasteiger partial charge in [-0.2, -0.15) is 0 Å². The molecule has 6 nitrogen and oxygen atoms in total. The van der Waals surface area contributed by atoms with Crippen LogP contribution in [0.15, 0.2) is 64.1 Å². The van der Waals surface area contributed by atoms with E-state index in [2.05, 4.69) is 31.2 Å². The van der Waals surface area contributed by atoms with Gasteiger partial charge in [-0.05, 0) is 51.8 Å². The topological polar surface area (TPSA) is 79.8 Å². The number of carbonyl (C=O) groups excluding carboxylic acids is 1. The van der Waals surface area contributed by atoms with Gasteiger partial charge in [0.25, 0.3) is 5.56 Å². The van der Waals surface area contributed by atoms with Crippen LogP contribution in [0.3, 0.4) is 0 Å². The molecule has 2 N–H and O–H groups in total. The van der Waals surface area contributed by atoms with Crippen LogP contribution in [-0.4, -0.2) is 26.9 Å². The van der Waals surface area contributed by atoms with Crippen LogP contribution < -0.4 is 10.9 Å². The van der Waals surface area contributed by atoms with E-state index in [1.807, 2.05) is 0 Å². The van der Waals surface area contributed by atoms with Gasteiger partial charge in [-0.25, -0.2) is 18.2 Å². The molecule has 0 saturated heterocycles. The molecule has 4 aromatic rings. The third-order valence-electron chi connectivity index (χ3n) is 5.27. The van der Waals surface area contributed by atoms with Crippen molar-refractivity contribution in [3.8, 4) is 11.3 Å². The molecule has 0 aliphatic rings. The molecule has 1 aromatic carbocycles. The maximum absolute atomic E-state index is 13.2. The lowest BCUT2D eigenvalue weighted by Gasteiger charge is -2.17. The standard InChI is InChI=1S/C23H18BrF3N4O2/c1-31-9-7-16-19(23(31)33)20(24)21(29-16)13-6-8-28-18(10-13)30-22(32)15(11-17(26)27)12-2-4-14(25)5-3-12/h2-10,15,17,29H,11H2,1H3,(H,28,30,32). The first kappa shape index (κ1) is 22.8. The number of anilines is 1. The van der Waals surface area contributed by atoms with Gasteiger partial charge in [0.15, 0.2) is 0 Å². The number of aromatic nitrogens is 3. The Balaban J connectivity index is 1.65. The summed E-state index contributed by atoms with van der Waals surface area (Å²) in [6.07, 6.45) is -0.335. The van der Waals surface area contributed by atoms with Gasteiger partial charge >= 0.3 is 0 Å². The normalized spacial score (nSPS) is 12.3. The lowest BCUT2D eigenvalue weighted by molar-refractivity contribution is -0.118. The van der Waals surface area contributed by atoms with Gasteiger partial charge in [0, 0.05) is 31.4 Å². The second kappa shape index (κ2) is 9.22. The number of H-pyrrole nitrogens is 1. The zero-order valence-electron chi connectivity index (χ0n) is 17.3. The molecular weight excluding hydrogens is 501 g/mol. The predicted octanol–water partition coefficient (Wildman–Crippen LogP) is 5.21. The smallest absolute Gasteiger partial charge is 0.260 e. The molecule has 0 radical (unpaired) electrons. The Morgan fingerprint density at radius 2 is 1.94 bits per heavy atom. The second-order valence-corrected chi connectivity index (χ2v) is 8.28. The summed E-state index contributed by atoms with van der Waals surface area (Å²) in [6, 6.07) is 9.90. The molecule has 10 heteroatoms. The van der Waals surface area contributed by atoms with E-state index in [-0.39, 0.29) is 16.9 Å². The van der Waals surface area contributed by atoms with Gasteiger partial charge in [0.1, 0.15) is 11.6 Å². The Labute approximate surface area is 194 Å². The molecular formula is C23H18BrF3N4O2. The summed E-state index contributed by atoms with van der Waals surface area (Å²) < 4.78 is 41.5. The van der Waals surface area contributed by atoms with Crippen molar-refractivity contribution in [1.29, 1.82) is 0 Å². The lowest BCUT2D eigenvalue weighted by atomic mass is 9.95. The van der Waals surface area contributed by atoms with E-state index in [0.717, 1.165) is 12.1 Å². The molecule has 0 bridgehead atoms. The number of hydrogen-bond acceptors (Lipinski definition) is 3. The maximum Gasteiger partial charge on any atom is 0.260 e. The fourth-order valence-electron chi connectivity index (χ4n) is 3.59. The number of nitrogens with one attached hydrogen (secondary N) is 2. The van der Waals surface area contributed by atoms with Crippen LogP contribution in [-0.2, 0) is 11.8 Å². The molecule has 3 aromatic heterocycles. The highest BCUT2D eigenvalue weighted by atomic mass is 79.9. The molecule has 0 fully saturated rings. The quantitative estimate of drug-likeness (QED) is 0.367. The van der Waals surface area contributed by atoms with Gasteiger partial charge in [0.05, 0.1) is 27.0 Å². The zero-order chi connectivity index (χ0) is 23.7. The number of benzene rings is 1. The van der Waals surface area contributed by atoms with Crippen molar-refractivity contribution in [3.63, 3.8) is 0 Å². The van der Waals surface area contributed by atoms with Gasteiger partial charge in [0.2, 0.25) is 12.3 Å². The second-order valence-electron chi connectivity index (χ2n) is 7.48. The highest BCUT2D eigenvalue weighted by Gasteiger charge is 2.25. The minimum atomic E-state index is -2.73. The number of amides is 1. The summed E-state index contributed by atoms with van der Waals surface area (Å²) in [4.78, 5) is 32.6. The minimum absolute atomic E-state index is 0.150. The van der Waals surface area contributed by atoms with Crippen molar-refractivity contribution in [2.45, 2.75) is 18.8 Å². The molecule has 3 heterocycles. The van der Waals surface area contributed by atoms with Crippen molar-refractivity contribution in [1.82, 2.24) is 14.5 Å². The van der Waals surface area contributed by atoms with Crippen molar-refractivity contribution in [3.05, 3.63) is 81.1 Å². The Morgan fingerprint density at radius 1 is 1.21 bits per heavy atom. The molecule has 0 spiro atoms. The van der Waals surface area contributed by atoms with E-state index in [1.165, 1.54) is 22.9 Å². The number of halogens is 4.